The Labute approximate surface area is 249 Å². The third kappa shape index (κ3) is 6.66. The largest absolute Gasteiger partial charge is 0.394 e. The molecule has 3 atom stereocenters. The van der Waals surface area contributed by atoms with Gasteiger partial charge in [0.25, 0.3) is 0 Å². The quantitative estimate of drug-likeness (QED) is 0.287. The number of rotatable bonds is 9. The molecule has 15 heteroatoms. The van der Waals surface area contributed by atoms with Crippen LogP contribution in [0.3, 0.4) is 0 Å². The van der Waals surface area contributed by atoms with Gasteiger partial charge in [0.2, 0.25) is 11.8 Å². The lowest BCUT2D eigenvalue weighted by Crippen LogP contribution is -2.57. The SMILES string of the molecule is CN1CCN(C(=O)CN/C=C(\C=N)NC2N=C3C(N4CC5CCC(C4)N5C(=O)CC(C)(C)C(F)(F)F)=CC=CN3N2)CC1. The van der Waals surface area contributed by atoms with E-state index in [1.54, 1.807) is 16.1 Å². The molecule has 2 bridgehead atoms. The normalized spacial score (nSPS) is 26.3. The minimum atomic E-state index is -4.45. The van der Waals surface area contributed by atoms with E-state index in [0.717, 1.165) is 51.7 Å². The molecule has 3 unspecified atom stereocenters. The summed E-state index contributed by atoms with van der Waals surface area (Å²) in [5.41, 5.74) is 2.44. The van der Waals surface area contributed by atoms with Crippen molar-refractivity contribution in [1.29, 1.82) is 5.41 Å². The summed E-state index contributed by atoms with van der Waals surface area (Å²) in [6.07, 6.45) is 4.30. The molecule has 5 rings (SSSR count). The number of halogens is 3. The fourth-order valence-corrected chi connectivity index (χ4v) is 6.09. The summed E-state index contributed by atoms with van der Waals surface area (Å²) in [4.78, 5) is 38.2. The van der Waals surface area contributed by atoms with E-state index in [0.29, 0.717) is 37.7 Å². The zero-order valence-electron chi connectivity index (χ0n) is 24.8. The minimum Gasteiger partial charge on any atom is -0.380 e. The van der Waals surface area contributed by atoms with Crippen LogP contribution in [0.15, 0.2) is 40.9 Å². The van der Waals surface area contributed by atoms with E-state index in [1.165, 1.54) is 0 Å². The smallest absolute Gasteiger partial charge is 0.380 e. The van der Waals surface area contributed by atoms with E-state index in [1.807, 2.05) is 30.3 Å². The van der Waals surface area contributed by atoms with Gasteiger partial charge in [0.05, 0.1) is 23.4 Å². The zero-order chi connectivity index (χ0) is 30.9. The third-order valence-corrected chi connectivity index (χ3v) is 8.76. The van der Waals surface area contributed by atoms with Crippen LogP contribution in [-0.2, 0) is 9.59 Å². The molecule has 0 saturated carbocycles. The number of nitrogens with one attached hydrogen (secondary N) is 4. The Balaban J connectivity index is 1.18. The van der Waals surface area contributed by atoms with E-state index in [4.69, 9.17) is 10.4 Å². The van der Waals surface area contributed by atoms with Gasteiger partial charge < -0.3 is 35.6 Å². The molecule has 3 saturated heterocycles. The van der Waals surface area contributed by atoms with Crippen LogP contribution in [0.5, 0.6) is 0 Å². The first-order valence-corrected chi connectivity index (χ1v) is 14.7. The van der Waals surface area contributed by atoms with Gasteiger partial charge in [0.1, 0.15) is 0 Å². The number of carbonyl (C=O) groups is 2. The number of hydrazine groups is 1. The number of hydrogen-bond donors (Lipinski definition) is 4. The molecule has 5 aliphatic rings. The molecule has 12 nitrogen and oxygen atoms in total. The number of hydrogen-bond acceptors (Lipinski definition) is 10. The second-order valence-corrected chi connectivity index (χ2v) is 12.4. The number of amides is 2. The van der Waals surface area contributed by atoms with E-state index in [2.05, 4.69) is 25.9 Å². The highest BCUT2D eigenvalue weighted by Crippen LogP contribution is 2.42. The van der Waals surface area contributed by atoms with Crippen molar-refractivity contribution in [3.63, 3.8) is 0 Å². The summed E-state index contributed by atoms with van der Waals surface area (Å²) in [7, 11) is 2.03. The molecule has 2 amide bonds. The molecule has 5 aliphatic heterocycles. The number of carbonyl (C=O) groups excluding carboxylic acids is 2. The van der Waals surface area contributed by atoms with Crippen molar-refractivity contribution in [1.82, 2.24) is 40.7 Å². The van der Waals surface area contributed by atoms with E-state index in [9.17, 15) is 22.8 Å². The topological polar surface area (TPSA) is 123 Å². The number of fused-ring (bicyclic) bond motifs is 3. The number of alkyl halides is 3. The van der Waals surface area contributed by atoms with Gasteiger partial charge >= 0.3 is 6.18 Å². The lowest BCUT2D eigenvalue weighted by Gasteiger charge is -2.44. The van der Waals surface area contributed by atoms with E-state index in [-0.39, 0.29) is 24.5 Å². The van der Waals surface area contributed by atoms with Crippen LogP contribution in [0, 0.1) is 10.8 Å². The molecular formula is C28H41F3N10O2. The second kappa shape index (κ2) is 12.2. The Kier molecular flexibility index (Phi) is 8.75. The Morgan fingerprint density at radius 3 is 2.42 bits per heavy atom. The first kappa shape index (κ1) is 30.9. The predicted molar refractivity (Wildman–Crippen MR) is 155 cm³/mol. The van der Waals surface area contributed by atoms with Crippen molar-refractivity contribution in [2.75, 3.05) is 52.9 Å². The van der Waals surface area contributed by atoms with Crippen LogP contribution in [-0.4, -0.2) is 126 Å². The summed E-state index contributed by atoms with van der Waals surface area (Å²) in [6.45, 7) is 6.39. The fraction of sp³-hybridized carbons (Fsp3) is 0.643. The summed E-state index contributed by atoms with van der Waals surface area (Å²) in [5.74, 6) is 0.229. The number of aliphatic imine (C=N–C) groups is 1. The van der Waals surface area contributed by atoms with Gasteiger partial charge in [0.15, 0.2) is 12.1 Å². The Hall–Kier alpha value is -3.59. The standard InChI is InChI=1S/C28H41F3N10O2/c1-27(2,28(29,30)31)13-23(42)41-20-6-7-21(41)18-39(17-20)22-5-4-8-40-25(22)35-26(36-40)34-19(14-32)15-33-16-24(43)38-11-9-37(3)10-12-38/h4-5,8,14-15,20-21,26,32-34,36H,6-7,9-13,16-18H2,1-3H3/b19-15+,32-14?. The number of piperazine rings is 2. The number of likely N-dealkylation sites (N-methyl/N-ethyl adjacent to an activating group) is 1. The molecule has 0 radical (unpaired) electrons. The van der Waals surface area contributed by atoms with Crippen molar-refractivity contribution in [2.24, 2.45) is 10.4 Å². The molecule has 236 valence electrons. The van der Waals surface area contributed by atoms with Crippen LogP contribution < -0.4 is 16.1 Å². The lowest BCUT2D eigenvalue weighted by molar-refractivity contribution is -0.215. The van der Waals surface area contributed by atoms with Crippen molar-refractivity contribution in [3.8, 4) is 0 Å². The number of likely N-dealkylation sites (tertiary alicyclic amines) is 1. The van der Waals surface area contributed by atoms with E-state index >= 15 is 0 Å². The Bertz CT molecular complexity index is 1210. The highest BCUT2D eigenvalue weighted by molar-refractivity contribution is 6.00. The number of amidine groups is 1. The average molecular weight is 607 g/mol. The lowest BCUT2D eigenvalue weighted by atomic mass is 9.87. The molecular weight excluding hydrogens is 565 g/mol. The van der Waals surface area contributed by atoms with Crippen molar-refractivity contribution in [2.45, 2.75) is 57.7 Å². The first-order chi connectivity index (χ1) is 20.4. The highest BCUT2D eigenvalue weighted by Gasteiger charge is 2.51. The average Bonchev–Trinajstić information content (AvgIpc) is 3.48. The van der Waals surface area contributed by atoms with Crippen molar-refractivity contribution < 1.29 is 22.8 Å². The molecule has 0 aromatic rings. The molecule has 43 heavy (non-hydrogen) atoms. The first-order valence-electron chi connectivity index (χ1n) is 14.7. The summed E-state index contributed by atoms with van der Waals surface area (Å²) < 4.78 is 40.4. The zero-order valence-corrected chi connectivity index (χ0v) is 24.8. The monoisotopic (exact) mass is 606 g/mol. The van der Waals surface area contributed by atoms with Crippen LogP contribution in [0.2, 0.25) is 0 Å². The van der Waals surface area contributed by atoms with Crippen LogP contribution in [0.25, 0.3) is 0 Å². The number of nitrogens with zero attached hydrogens (tertiary/aromatic N) is 6. The van der Waals surface area contributed by atoms with Crippen molar-refractivity contribution in [3.05, 3.63) is 35.9 Å². The van der Waals surface area contributed by atoms with Gasteiger partial charge in [-0.15, -0.1) is 0 Å². The van der Waals surface area contributed by atoms with Gasteiger partial charge in [-0.25, -0.2) is 4.99 Å². The van der Waals surface area contributed by atoms with Crippen LogP contribution >= 0.6 is 0 Å². The molecule has 0 aromatic carbocycles. The summed E-state index contributed by atoms with van der Waals surface area (Å²) in [5, 5.41) is 15.7. The Morgan fingerprint density at radius 2 is 1.79 bits per heavy atom. The van der Waals surface area contributed by atoms with Gasteiger partial charge in [0, 0.05) is 76.4 Å². The van der Waals surface area contributed by atoms with Gasteiger partial charge in [-0.2, -0.15) is 18.6 Å². The maximum Gasteiger partial charge on any atom is 0.394 e. The summed E-state index contributed by atoms with van der Waals surface area (Å²) >= 11 is 0. The van der Waals surface area contributed by atoms with Gasteiger partial charge in [-0.1, -0.05) is 13.8 Å². The molecule has 0 aliphatic carbocycles. The predicted octanol–water partition coefficient (Wildman–Crippen LogP) is 0.998. The third-order valence-electron chi connectivity index (χ3n) is 8.76. The van der Waals surface area contributed by atoms with Crippen LogP contribution in [0.4, 0.5) is 13.2 Å². The fourth-order valence-electron chi connectivity index (χ4n) is 6.09. The van der Waals surface area contributed by atoms with Gasteiger partial charge in [-0.05, 0) is 32.0 Å². The van der Waals surface area contributed by atoms with Crippen LogP contribution in [0.1, 0.15) is 33.1 Å². The Morgan fingerprint density at radius 1 is 1.12 bits per heavy atom. The van der Waals surface area contributed by atoms with Gasteiger partial charge in [-0.3, -0.25) is 14.6 Å². The molecule has 4 N–H and O–H groups in total. The number of allylic oxidation sites excluding steroid dienone is 3. The second-order valence-electron chi connectivity index (χ2n) is 12.4. The molecule has 0 aromatic heterocycles. The maximum absolute atomic E-state index is 13.5. The molecule has 3 fully saturated rings. The van der Waals surface area contributed by atoms with E-state index < -0.39 is 30.2 Å². The maximum atomic E-state index is 13.5. The highest BCUT2D eigenvalue weighted by atomic mass is 19.4. The molecule has 0 spiro atoms. The molecule has 5 heterocycles. The minimum absolute atomic E-state index is 0.00444. The van der Waals surface area contributed by atoms with Crippen molar-refractivity contribution >= 4 is 23.9 Å². The summed E-state index contributed by atoms with van der Waals surface area (Å²) in [6, 6.07) is -0.321.